The van der Waals surface area contributed by atoms with Crippen molar-refractivity contribution in [3.63, 3.8) is 0 Å². The van der Waals surface area contributed by atoms with Crippen LogP contribution in [0.2, 0.25) is 0 Å². The van der Waals surface area contributed by atoms with E-state index in [2.05, 4.69) is 12.2 Å². The Labute approximate surface area is 121 Å². The van der Waals surface area contributed by atoms with Gasteiger partial charge in [-0.1, -0.05) is 20.8 Å². The summed E-state index contributed by atoms with van der Waals surface area (Å²) in [5, 5.41) is 12.3. The van der Waals surface area contributed by atoms with Crippen molar-refractivity contribution >= 4 is 11.9 Å². The number of hydrogen-bond acceptors (Lipinski definition) is 3. The number of carboxylic acids is 1. The van der Waals surface area contributed by atoms with E-state index in [-0.39, 0.29) is 12.5 Å². The van der Waals surface area contributed by atoms with Crippen molar-refractivity contribution in [1.82, 2.24) is 10.2 Å². The van der Waals surface area contributed by atoms with Gasteiger partial charge in [0.2, 0.25) is 5.91 Å². The van der Waals surface area contributed by atoms with Crippen LogP contribution < -0.4 is 5.32 Å². The Balaban J connectivity index is 2.63. The fourth-order valence-electron chi connectivity index (χ4n) is 2.98. The van der Waals surface area contributed by atoms with Crippen LogP contribution in [0, 0.1) is 0 Å². The molecule has 0 bridgehead atoms. The highest BCUT2D eigenvalue weighted by atomic mass is 16.4. The van der Waals surface area contributed by atoms with Gasteiger partial charge in [-0.3, -0.25) is 14.9 Å². The zero-order valence-corrected chi connectivity index (χ0v) is 12.9. The number of carboxylic acid groups (broad SMARTS) is 1. The Morgan fingerprint density at radius 3 is 2.40 bits per heavy atom. The second-order valence-corrected chi connectivity index (χ2v) is 5.59. The lowest BCUT2D eigenvalue weighted by molar-refractivity contribution is -0.146. The summed E-state index contributed by atoms with van der Waals surface area (Å²) in [5.74, 6) is -0.843. The van der Waals surface area contributed by atoms with Gasteiger partial charge in [0.15, 0.2) is 0 Å². The minimum atomic E-state index is -0.979. The van der Waals surface area contributed by atoms with Crippen molar-refractivity contribution < 1.29 is 14.7 Å². The third-order valence-electron chi connectivity index (χ3n) is 4.61. The summed E-state index contributed by atoms with van der Waals surface area (Å²) < 4.78 is 0. The van der Waals surface area contributed by atoms with E-state index in [1.165, 1.54) is 6.42 Å². The highest BCUT2D eigenvalue weighted by Crippen LogP contribution is 2.20. The summed E-state index contributed by atoms with van der Waals surface area (Å²) in [6.07, 6.45) is 5.21. The molecule has 1 aliphatic heterocycles. The molecule has 5 heteroatoms. The van der Waals surface area contributed by atoms with E-state index in [0.717, 1.165) is 25.8 Å². The fraction of sp³-hybridized carbons (Fsp3) is 0.867. The van der Waals surface area contributed by atoms with E-state index in [1.807, 2.05) is 18.7 Å². The zero-order valence-electron chi connectivity index (χ0n) is 12.9. The number of aliphatic carboxylic acids is 1. The van der Waals surface area contributed by atoms with Gasteiger partial charge in [0.1, 0.15) is 5.54 Å². The predicted molar refractivity (Wildman–Crippen MR) is 78.6 cm³/mol. The van der Waals surface area contributed by atoms with Gasteiger partial charge >= 0.3 is 5.97 Å². The van der Waals surface area contributed by atoms with Gasteiger partial charge in [-0.2, -0.15) is 0 Å². The van der Waals surface area contributed by atoms with Crippen LogP contribution in [0.5, 0.6) is 0 Å². The third kappa shape index (κ3) is 3.72. The Morgan fingerprint density at radius 2 is 1.90 bits per heavy atom. The molecule has 1 saturated heterocycles. The number of nitrogens with zero attached hydrogens (tertiary/aromatic N) is 1. The molecule has 0 radical (unpaired) electrons. The molecule has 1 heterocycles. The Hall–Kier alpha value is -1.10. The minimum absolute atomic E-state index is 0.0316. The van der Waals surface area contributed by atoms with Gasteiger partial charge in [0, 0.05) is 12.6 Å². The van der Waals surface area contributed by atoms with Gasteiger partial charge in [-0.25, -0.2) is 0 Å². The van der Waals surface area contributed by atoms with Crippen LogP contribution in [-0.2, 0) is 9.59 Å². The lowest BCUT2D eigenvalue weighted by Gasteiger charge is -2.36. The topological polar surface area (TPSA) is 69.6 Å². The lowest BCUT2D eigenvalue weighted by Crippen LogP contribution is -2.56. The number of rotatable bonds is 7. The first-order valence-corrected chi connectivity index (χ1v) is 7.78. The smallest absolute Gasteiger partial charge is 0.323 e. The van der Waals surface area contributed by atoms with Crippen LogP contribution in [0.1, 0.15) is 59.3 Å². The van der Waals surface area contributed by atoms with Crippen molar-refractivity contribution in [2.75, 3.05) is 13.1 Å². The molecular formula is C15H28N2O3. The number of hydrogen-bond donors (Lipinski definition) is 2. The maximum atomic E-state index is 12.3. The van der Waals surface area contributed by atoms with Crippen LogP contribution in [0.25, 0.3) is 0 Å². The highest BCUT2D eigenvalue weighted by molar-refractivity contribution is 5.82. The molecule has 20 heavy (non-hydrogen) atoms. The molecule has 0 saturated carbocycles. The monoisotopic (exact) mass is 284 g/mol. The SMILES string of the molecule is CCC1CCCCN1C(=O)CNC(CC)(CC)C(=O)O. The zero-order chi connectivity index (χ0) is 15.2. The maximum Gasteiger partial charge on any atom is 0.323 e. The molecule has 0 aliphatic carbocycles. The first-order chi connectivity index (χ1) is 9.50. The number of carbonyl (C=O) groups is 2. The lowest BCUT2D eigenvalue weighted by atomic mass is 9.93. The molecule has 5 nitrogen and oxygen atoms in total. The van der Waals surface area contributed by atoms with Crippen LogP contribution in [0.15, 0.2) is 0 Å². The molecule has 116 valence electrons. The third-order valence-corrected chi connectivity index (χ3v) is 4.61. The summed E-state index contributed by atoms with van der Waals surface area (Å²) in [6.45, 7) is 6.70. The number of nitrogens with one attached hydrogen (secondary N) is 1. The van der Waals surface area contributed by atoms with E-state index in [0.29, 0.717) is 18.9 Å². The standard InChI is InChI=1S/C15H28N2O3/c1-4-12-9-7-8-10-17(12)13(18)11-16-15(5-2,6-3)14(19)20/h12,16H,4-11H2,1-3H3,(H,19,20). The quantitative estimate of drug-likeness (QED) is 0.750. The largest absolute Gasteiger partial charge is 0.480 e. The molecule has 0 aromatic heterocycles. The summed E-state index contributed by atoms with van der Waals surface area (Å²) >= 11 is 0. The average molecular weight is 284 g/mol. The van der Waals surface area contributed by atoms with Gasteiger partial charge in [-0.05, 0) is 38.5 Å². The molecule has 1 rings (SSSR count). The molecular weight excluding hydrogens is 256 g/mol. The van der Waals surface area contributed by atoms with Crippen molar-refractivity contribution in [2.24, 2.45) is 0 Å². The number of likely N-dealkylation sites (tertiary alicyclic amines) is 1. The normalized spacial score (nSPS) is 19.9. The Morgan fingerprint density at radius 1 is 1.25 bits per heavy atom. The first-order valence-electron chi connectivity index (χ1n) is 7.78. The van der Waals surface area contributed by atoms with Crippen LogP contribution >= 0.6 is 0 Å². The van der Waals surface area contributed by atoms with E-state index in [1.54, 1.807) is 0 Å². The Bertz CT molecular complexity index is 340. The van der Waals surface area contributed by atoms with Gasteiger partial charge in [-0.15, -0.1) is 0 Å². The summed E-state index contributed by atoms with van der Waals surface area (Å²) in [4.78, 5) is 25.7. The van der Waals surface area contributed by atoms with Gasteiger partial charge in [0.25, 0.3) is 0 Å². The molecule has 0 aromatic rings. The highest BCUT2D eigenvalue weighted by Gasteiger charge is 2.35. The second-order valence-electron chi connectivity index (χ2n) is 5.59. The average Bonchev–Trinajstić information content (AvgIpc) is 2.48. The van der Waals surface area contributed by atoms with Gasteiger partial charge < -0.3 is 10.0 Å². The van der Waals surface area contributed by atoms with Gasteiger partial charge in [0.05, 0.1) is 6.54 Å². The molecule has 1 aliphatic rings. The fourth-order valence-corrected chi connectivity index (χ4v) is 2.98. The molecule has 0 spiro atoms. The van der Waals surface area contributed by atoms with Crippen molar-refractivity contribution in [2.45, 2.75) is 70.9 Å². The summed E-state index contributed by atoms with van der Waals surface area (Å²) in [7, 11) is 0. The van der Waals surface area contributed by atoms with E-state index in [4.69, 9.17) is 0 Å². The van der Waals surface area contributed by atoms with Crippen LogP contribution in [-0.4, -0.2) is 46.6 Å². The molecule has 1 unspecified atom stereocenters. The molecule has 1 atom stereocenters. The molecule has 2 N–H and O–H groups in total. The molecule has 1 amide bonds. The minimum Gasteiger partial charge on any atom is -0.480 e. The van der Waals surface area contributed by atoms with E-state index >= 15 is 0 Å². The molecule has 0 aromatic carbocycles. The summed E-state index contributed by atoms with van der Waals surface area (Å²) in [6, 6.07) is 0.320. The number of piperidine rings is 1. The summed E-state index contributed by atoms with van der Waals surface area (Å²) in [5.41, 5.74) is -0.979. The van der Waals surface area contributed by atoms with Crippen LogP contribution in [0.4, 0.5) is 0 Å². The number of amides is 1. The first kappa shape index (κ1) is 17.0. The maximum absolute atomic E-state index is 12.3. The van der Waals surface area contributed by atoms with Crippen LogP contribution in [0.3, 0.4) is 0 Å². The van der Waals surface area contributed by atoms with E-state index in [9.17, 15) is 14.7 Å². The number of carbonyl (C=O) groups excluding carboxylic acids is 1. The van der Waals surface area contributed by atoms with Crippen molar-refractivity contribution in [3.8, 4) is 0 Å². The Kier molecular flexibility index (Phi) is 6.46. The van der Waals surface area contributed by atoms with E-state index < -0.39 is 11.5 Å². The predicted octanol–water partition coefficient (Wildman–Crippen LogP) is 2.01. The second kappa shape index (κ2) is 7.62. The van der Waals surface area contributed by atoms with Crippen molar-refractivity contribution in [1.29, 1.82) is 0 Å². The molecule has 1 fully saturated rings. The van der Waals surface area contributed by atoms with Crippen molar-refractivity contribution in [3.05, 3.63) is 0 Å².